The SMILES string of the molecule is CCCCN1C(=CC(=Cc2nc3c(ccc4ccccc43)s2)CC)Sc2ccc(-c3ccccc3)cc21. The van der Waals surface area contributed by atoms with E-state index in [4.69, 9.17) is 4.98 Å². The zero-order valence-corrected chi connectivity index (χ0v) is 22.9. The minimum Gasteiger partial charge on any atom is -0.335 e. The van der Waals surface area contributed by atoms with Crippen LogP contribution < -0.4 is 4.90 Å². The highest BCUT2D eigenvalue weighted by Gasteiger charge is 2.25. The van der Waals surface area contributed by atoms with Gasteiger partial charge in [0.05, 0.1) is 20.9 Å². The smallest absolute Gasteiger partial charge is 0.117 e. The van der Waals surface area contributed by atoms with Crippen molar-refractivity contribution >= 4 is 55.9 Å². The van der Waals surface area contributed by atoms with Crippen molar-refractivity contribution in [1.82, 2.24) is 4.98 Å². The first-order valence-corrected chi connectivity index (χ1v) is 14.7. The molecular formula is C33H30N2S2. The lowest BCUT2D eigenvalue weighted by Gasteiger charge is -2.21. The Hall–Kier alpha value is -3.34. The van der Waals surface area contributed by atoms with E-state index in [0.717, 1.165) is 23.5 Å². The molecule has 1 aliphatic heterocycles. The van der Waals surface area contributed by atoms with Gasteiger partial charge in [-0.2, -0.15) is 0 Å². The molecule has 4 aromatic carbocycles. The molecule has 184 valence electrons. The summed E-state index contributed by atoms with van der Waals surface area (Å²) >= 11 is 3.67. The third-order valence-electron chi connectivity index (χ3n) is 6.90. The highest BCUT2D eigenvalue weighted by Crippen LogP contribution is 2.48. The van der Waals surface area contributed by atoms with Gasteiger partial charge in [0.1, 0.15) is 5.01 Å². The Morgan fingerprint density at radius 3 is 2.57 bits per heavy atom. The number of anilines is 1. The first-order chi connectivity index (χ1) is 18.2. The average molecular weight is 519 g/mol. The van der Waals surface area contributed by atoms with Crippen molar-refractivity contribution in [2.45, 2.75) is 38.0 Å². The molecule has 0 unspecified atom stereocenters. The van der Waals surface area contributed by atoms with E-state index in [1.807, 2.05) is 11.8 Å². The van der Waals surface area contributed by atoms with Crippen LogP contribution in [0.1, 0.15) is 38.1 Å². The van der Waals surface area contributed by atoms with Gasteiger partial charge in [0.2, 0.25) is 0 Å². The van der Waals surface area contributed by atoms with Crippen LogP contribution in [-0.2, 0) is 0 Å². The molecule has 37 heavy (non-hydrogen) atoms. The topological polar surface area (TPSA) is 16.1 Å². The van der Waals surface area contributed by atoms with E-state index in [2.05, 4.69) is 116 Å². The molecule has 5 aromatic rings. The van der Waals surface area contributed by atoms with Crippen molar-refractivity contribution in [3.63, 3.8) is 0 Å². The van der Waals surface area contributed by atoms with Crippen LogP contribution in [0.4, 0.5) is 5.69 Å². The first-order valence-electron chi connectivity index (χ1n) is 13.1. The van der Waals surface area contributed by atoms with Gasteiger partial charge in [-0.3, -0.25) is 0 Å². The summed E-state index contributed by atoms with van der Waals surface area (Å²) < 4.78 is 1.24. The lowest BCUT2D eigenvalue weighted by Crippen LogP contribution is -2.19. The van der Waals surface area contributed by atoms with E-state index in [0.29, 0.717) is 0 Å². The summed E-state index contributed by atoms with van der Waals surface area (Å²) in [5.41, 5.74) is 6.28. The van der Waals surface area contributed by atoms with E-state index in [9.17, 15) is 0 Å². The molecule has 4 heteroatoms. The number of nitrogens with zero attached hydrogens (tertiary/aromatic N) is 2. The number of rotatable bonds is 7. The summed E-state index contributed by atoms with van der Waals surface area (Å²) in [7, 11) is 0. The Labute approximate surface area is 227 Å². The van der Waals surface area contributed by atoms with Gasteiger partial charge in [0, 0.05) is 16.8 Å². The molecular weight excluding hydrogens is 489 g/mol. The average Bonchev–Trinajstić information content (AvgIpc) is 3.52. The Morgan fingerprint density at radius 2 is 1.73 bits per heavy atom. The Morgan fingerprint density at radius 1 is 0.892 bits per heavy atom. The van der Waals surface area contributed by atoms with Crippen LogP contribution in [0.5, 0.6) is 0 Å². The molecule has 2 nitrogen and oxygen atoms in total. The van der Waals surface area contributed by atoms with Crippen molar-refractivity contribution in [2.24, 2.45) is 0 Å². The van der Waals surface area contributed by atoms with E-state index in [1.165, 1.54) is 60.6 Å². The van der Waals surface area contributed by atoms with Crippen LogP contribution >= 0.6 is 23.1 Å². The summed E-state index contributed by atoms with van der Waals surface area (Å²) in [6.45, 7) is 5.54. The zero-order valence-electron chi connectivity index (χ0n) is 21.3. The van der Waals surface area contributed by atoms with Crippen LogP contribution in [0.15, 0.2) is 107 Å². The van der Waals surface area contributed by atoms with Gasteiger partial charge >= 0.3 is 0 Å². The standard InChI is InChI=1S/C33H30N2S2/c1-3-5-19-35-28-22-26(24-11-7-6-8-12-24)16-17-29(28)37-32(35)21-23(4-2)20-31-34-33-27-14-10-9-13-25(27)15-18-30(33)36-31/h6-18,20-22H,3-5,19H2,1-2H3. The van der Waals surface area contributed by atoms with Crippen LogP contribution in [0.3, 0.4) is 0 Å². The lowest BCUT2D eigenvalue weighted by molar-refractivity contribution is 0.779. The number of fused-ring (bicyclic) bond motifs is 4. The molecule has 6 rings (SSSR count). The zero-order chi connectivity index (χ0) is 25.2. The quantitative estimate of drug-likeness (QED) is 0.213. The van der Waals surface area contributed by atoms with Crippen LogP contribution in [0.25, 0.3) is 38.2 Å². The predicted octanol–water partition coefficient (Wildman–Crippen LogP) is 10.2. The van der Waals surface area contributed by atoms with Gasteiger partial charge in [-0.25, -0.2) is 4.98 Å². The van der Waals surface area contributed by atoms with Crippen LogP contribution in [0, 0.1) is 0 Å². The minimum absolute atomic E-state index is 0.966. The second-order valence-electron chi connectivity index (χ2n) is 9.40. The number of benzene rings is 4. The predicted molar refractivity (Wildman–Crippen MR) is 163 cm³/mol. The fourth-order valence-electron chi connectivity index (χ4n) is 4.87. The number of unbranched alkanes of at least 4 members (excludes halogenated alkanes) is 1. The molecule has 0 fully saturated rings. The van der Waals surface area contributed by atoms with Crippen LogP contribution in [0.2, 0.25) is 0 Å². The van der Waals surface area contributed by atoms with Gasteiger partial charge in [-0.05, 0) is 65.3 Å². The number of aromatic nitrogens is 1. The molecule has 1 aliphatic rings. The van der Waals surface area contributed by atoms with E-state index >= 15 is 0 Å². The van der Waals surface area contributed by atoms with Gasteiger partial charge < -0.3 is 4.90 Å². The number of allylic oxidation sites excluding steroid dienone is 2. The Kier molecular flexibility index (Phi) is 6.86. The first kappa shape index (κ1) is 24.0. The molecule has 1 aromatic heterocycles. The van der Waals surface area contributed by atoms with Crippen molar-refractivity contribution in [1.29, 1.82) is 0 Å². The third-order valence-corrected chi connectivity index (χ3v) is 8.98. The molecule has 0 saturated heterocycles. The van der Waals surface area contributed by atoms with Gasteiger partial charge in [0.25, 0.3) is 0 Å². The highest BCUT2D eigenvalue weighted by atomic mass is 32.2. The summed E-state index contributed by atoms with van der Waals surface area (Å²) in [6, 6.07) is 30.5. The normalized spacial score (nSPS) is 14.7. The van der Waals surface area contributed by atoms with Crippen molar-refractivity contribution < 1.29 is 0 Å². The fourth-order valence-corrected chi connectivity index (χ4v) is 6.97. The number of thiazole rings is 1. The lowest BCUT2D eigenvalue weighted by atomic mass is 10.0. The largest absolute Gasteiger partial charge is 0.335 e. The summed E-state index contributed by atoms with van der Waals surface area (Å²) in [4.78, 5) is 8.91. The molecule has 0 radical (unpaired) electrons. The maximum absolute atomic E-state index is 5.05. The Bertz CT molecular complexity index is 1630. The molecule has 0 saturated carbocycles. The molecule has 0 amide bonds. The van der Waals surface area contributed by atoms with E-state index < -0.39 is 0 Å². The summed E-state index contributed by atoms with van der Waals surface area (Å²) in [5, 5.41) is 4.87. The molecule has 0 N–H and O–H groups in total. The summed E-state index contributed by atoms with van der Waals surface area (Å²) in [5.74, 6) is 0. The molecule has 2 heterocycles. The second kappa shape index (κ2) is 10.6. The number of hydrogen-bond acceptors (Lipinski definition) is 4. The van der Waals surface area contributed by atoms with Crippen molar-refractivity contribution in [3.05, 3.63) is 107 Å². The summed E-state index contributed by atoms with van der Waals surface area (Å²) in [6.07, 6.45) is 7.98. The number of thioether (sulfide) groups is 1. The second-order valence-corrected chi connectivity index (χ2v) is 11.5. The van der Waals surface area contributed by atoms with Crippen molar-refractivity contribution in [3.8, 4) is 11.1 Å². The van der Waals surface area contributed by atoms with Gasteiger partial charge in [-0.15, -0.1) is 11.3 Å². The maximum atomic E-state index is 5.05. The van der Waals surface area contributed by atoms with Crippen molar-refractivity contribution in [2.75, 3.05) is 11.4 Å². The number of hydrogen-bond donors (Lipinski definition) is 0. The van der Waals surface area contributed by atoms with Gasteiger partial charge in [-0.1, -0.05) is 98.8 Å². The Balaban J connectivity index is 1.36. The molecule has 0 aliphatic carbocycles. The fraction of sp³-hybridized carbons (Fsp3) is 0.182. The van der Waals surface area contributed by atoms with Gasteiger partial charge in [0.15, 0.2) is 0 Å². The molecule has 0 bridgehead atoms. The molecule has 0 atom stereocenters. The van der Waals surface area contributed by atoms with Crippen LogP contribution in [-0.4, -0.2) is 11.5 Å². The maximum Gasteiger partial charge on any atom is 0.117 e. The van der Waals surface area contributed by atoms with E-state index in [-0.39, 0.29) is 0 Å². The minimum atomic E-state index is 0.966. The monoisotopic (exact) mass is 518 g/mol. The van der Waals surface area contributed by atoms with E-state index in [1.54, 1.807) is 11.3 Å². The third kappa shape index (κ3) is 4.84. The highest BCUT2D eigenvalue weighted by molar-refractivity contribution is 8.03. The molecule has 0 spiro atoms.